The fourth-order valence-corrected chi connectivity index (χ4v) is 3.40. The zero-order valence-electron chi connectivity index (χ0n) is 16.5. The SMILES string of the molecule is CCN(c1ncnc(Nc2ccc3cc(-c4ccccc4)c(=O)oc3c2)n1)C(C)Cl. The van der Waals surface area contributed by atoms with E-state index in [2.05, 4.69) is 20.3 Å². The lowest BCUT2D eigenvalue weighted by Crippen LogP contribution is -2.30. The van der Waals surface area contributed by atoms with Gasteiger partial charge in [0.15, 0.2) is 0 Å². The largest absolute Gasteiger partial charge is 0.422 e. The highest BCUT2D eigenvalue weighted by atomic mass is 35.5. The first-order valence-corrected chi connectivity index (χ1v) is 9.99. The van der Waals surface area contributed by atoms with E-state index in [-0.39, 0.29) is 11.1 Å². The first-order valence-electron chi connectivity index (χ1n) is 9.55. The number of benzene rings is 2. The van der Waals surface area contributed by atoms with Crippen LogP contribution < -0.4 is 15.8 Å². The van der Waals surface area contributed by atoms with Crippen molar-refractivity contribution in [1.29, 1.82) is 0 Å². The average Bonchev–Trinajstić information content (AvgIpc) is 2.74. The molecule has 0 aliphatic carbocycles. The van der Waals surface area contributed by atoms with Crippen molar-refractivity contribution in [2.45, 2.75) is 19.3 Å². The molecule has 0 saturated carbocycles. The summed E-state index contributed by atoms with van der Waals surface area (Å²) in [6.07, 6.45) is 1.43. The molecule has 0 bridgehead atoms. The van der Waals surface area contributed by atoms with Crippen molar-refractivity contribution >= 4 is 40.2 Å². The number of rotatable bonds is 6. The molecule has 0 amide bonds. The normalized spacial score (nSPS) is 12.0. The van der Waals surface area contributed by atoms with Gasteiger partial charge in [-0.1, -0.05) is 41.9 Å². The van der Waals surface area contributed by atoms with Crippen LogP contribution >= 0.6 is 11.6 Å². The van der Waals surface area contributed by atoms with E-state index >= 15 is 0 Å². The lowest BCUT2D eigenvalue weighted by Gasteiger charge is -2.23. The van der Waals surface area contributed by atoms with Gasteiger partial charge < -0.3 is 14.6 Å². The fraction of sp³-hybridized carbons (Fsp3) is 0.182. The Balaban J connectivity index is 1.64. The lowest BCUT2D eigenvalue weighted by atomic mass is 10.1. The van der Waals surface area contributed by atoms with Crippen LogP contribution in [0.5, 0.6) is 0 Å². The number of halogens is 1. The van der Waals surface area contributed by atoms with Crippen molar-refractivity contribution in [3.05, 3.63) is 71.3 Å². The zero-order chi connectivity index (χ0) is 21.1. The first kappa shape index (κ1) is 19.8. The van der Waals surface area contributed by atoms with Gasteiger partial charge in [-0.25, -0.2) is 14.8 Å². The minimum atomic E-state index is -0.386. The predicted octanol–water partition coefficient (Wildman–Crippen LogP) is 4.80. The van der Waals surface area contributed by atoms with Gasteiger partial charge in [-0.15, -0.1) is 0 Å². The van der Waals surface area contributed by atoms with Gasteiger partial charge in [0.2, 0.25) is 11.9 Å². The van der Waals surface area contributed by atoms with Gasteiger partial charge in [-0.05, 0) is 37.6 Å². The Labute approximate surface area is 178 Å². The molecule has 0 radical (unpaired) electrons. The summed E-state index contributed by atoms with van der Waals surface area (Å²) >= 11 is 6.19. The van der Waals surface area contributed by atoms with Gasteiger partial charge in [0.1, 0.15) is 17.4 Å². The summed E-state index contributed by atoms with van der Waals surface area (Å²) in [6, 6.07) is 16.8. The fourth-order valence-electron chi connectivity index (χ4n) is 3.18. The second-order valence-electron chi connectivity index (χ2n) is 6.66. The molecule has 0 saturated heterocycles. The van der Waals surface area contributed by atoms with Crippen LogP contribution in [-0.4, -0.2) is 27.0 Å². The Morgan fingerprint density at radius 1 is 1.13 bits per heavy atom. The zero-order valence-corrected chi connectivity index (χ0v) is 17.3. The van der Waals surface area contributed by atoms with Gasteiger partial charge in [0.05, 0.1) is 5.56 Å². The molecule has 2 aromatic heterocycles. The summed E-state index contributed by atoms with van der Waals surface area (Å²) in [5.41, 5.74) is 1.88. The number of nitrogens with one attached hydrogen (secondary N) is 1. The average molecular weight is 422 g/mol. The Hall–Kier alpha value is -3.45. The minimum Gasteiger partial charge on any atom is -0.422 e. The summed E-state index contributed by atoms with van der Waals surface area (Å²) in [4.78, 5) is 27.1. The quantitative estimate of drug-likeness (QED) is 0.272. The molecule has 0 fully saturated rings. The second-order valence-corrected chi connectivity index (χ2v) is 7.29. The summed E-state index contributed by atoms with van der Waals surface area (Å²) in [5, 5.41) is 3.95. The molecule has 0 spiro atoms. The summed E-state index contributed by atoms with van der Waals surface area (Å²) in [7, 11) is 0. The van der Waals surface area contributed by atoms with Gasteiger partial charge >= 0.3 is 5.63 Å². The third-order valence-electron chi connectivity index (χ3n) is 4.66. The van der Waals surface area contributed by atoms with E-state index in [1.165, 1.54) is 6.33 Å². The highest BCUT2D eigenvalue weighted by molar-refractivity contribution is 6.21. The van der Waals surface area contributed by atoms with Crippen LogP contribution in [0.25, 0.3) is 22.1 Å². The van der Waals surface area contributed by atoms with E-state index in [4.69, 9.17) is 16.0 Å². The van der Waals surface area contributed by atoms with Crippen molar-refractivity contribution in [3.8, 4) is 11.1 Å². The van der Waals surface area contributed by atoms with Gasteiger partial charge in [-0.3, -0.25) is 0 Å². The Kier molecular flexibility index (Phi) is 5.63. The molecule has 0 aliphatic heterocycles. The lowest BCUT2D eigenvalue weighted by molar-refractivity contribution is 0.563. The van der Waals surface area contributed by atoms with Gasteiger partial charge in [0, 0.05) is 23.7 Å². The summed E-state index contributed by atoms with van der Waals surface area (Å²) in [5.74, 6) is 0.857. The maximum absolute atomic E-state index is 12.5. The molecule has 30 heavy (non-hydrogen) atoms. The van der Waals surface area contributed by atoms with E-state index in [9.17, 15) is 4.79 Å². The van der Waals surface area contributed by atoms with Gasteiger partial charge in [-0.2, -0.15) is 4.98 Å². The van der Waals surface area contributed by atoms with Crippen LogP contribution in [0, 0.1) is 0 Å². The van der Waals surface area contributed by atoms with Crippen LogP contribution in [0.15, 0.2) is 70.1 Å². The molecule has 0 aliphatic rings. The molecule has 1 N–H and O–H groups in total. The molecule has 4 rings (SSSR count). The van der Waals surface area contributed by atoms with Crippen molar-refractivity contribution in [3.63, 3.8) is 0 Å². The van der Waals surface area contributed by atoms with E-state index in [0.717, 1.165) is 10.9 Å². The summed E-state index contributed by atoms with van der Waals surface area (Å²) < 4.78 is 5.56. The predicted molar refractivity (Wildman–Crippen MR) is 119 cm³/mol. The number of aromatic nitrogens is 3. The molecule has 152 valence electrons. The highest BCUT2D eigenvalue weighted by Gasteiger charge is 2.14. The smallest absolute Gasteiger partial charge is 0.344 e. The number of hydrogen-bond acceptors (Lipinski definition) is 7. The number of hydrogen-bond donors (Lipinski definition) is 1. The molecular weight excluding hydrogens is 402 g/mol. The van der Waals surface area contributed by atoms with Crippen LogP contribution in [0.1, 0.15) is 13.8 Å². The Bertz CT molecular complexity index is 1230. The van der Waals surface area contributed by atoms with Crippen LogP contribution in [-0.2, 0) is 0 Å². The van der Waals surface area contributed by atoms with Crippen LogP contribution in [0.2, 0.25) is 0 Å². The molecule has 1 unspecified atom stereocenters. The van der Waals surface area contributed by atoms with Gasteiger partial charge in [0.25, 0.3) is 0 Å². The number of anilines is 3. The molecule has 2 aromatic carbocycles. The number of nitrogens with zero attached hydrogens (tertiary/aromatic N) is 4. The van der Waals surface area contributed by atoms with Crippen LogP contribution in [0.4, 0.5) is 17.6 Å². The molecule has 1 atom stereocenters. The standard InChI is InChI=1S/C22H20ClN5O2/c1-3-28(14(2)23)22-25-13-24-21(27-22)26-17-10-9-16-11-18(15-7-5-4-6-8-15)20(29)30-19(16)12-17/h4-14H,3H2,1-2H3,(H,24,25,26,27). The highest BCUT2D eigenvalue weighted by Crippen LogP contribution is 2.25. The second kappa shape index (κ2) is 8.51. The van der Waals surface area contributed by atoms with E-state index in [1.807, 2.05) is 67.3 Å². The number of alkyl halides is 1. The monoisotopic (exact) mass is 421 g/mol. The van der Waals surface area contributed by atoms with E-state index < -0.39 is 0 Å². The topological polar surface area (TPSA) is 84.2 Å². The first-order chi connectivity index (χ1) is 14.5. The Morgan fingerprint density at radius 2 is 1.93 bits per heavy atom. The third kappa shape index (κ3) is 4.11. The third-order valence-corrected chi connectivity index (χ3v) is 4.90. The Morgan fingerprint density at radius 3 is 2.67 bits per heavy atom. The van der Waals surface area contributed by atoms with Crippen molar-refractivity contribution < 1.29 is 4.42 Å². The molecule has 8 heteroatoms. The molecule has 2 heterocycles. The van der Waals surface area contributed by atoms with Crippen molar-refractivity contribution in [2.24, 2.45) is 0 Å². The van der Waals surface area contributed by atoms with E-state index in [1.54, 1.807) is 6.07 Å². The maximum Gasteiger partial charge on any atom is 0.344 e. The van der Waals surface area contributed by atoms with E-state index in [0.29, 0.717) is 35.3 Å². The van der Waals surface area contributed by atoms with Crippen LogP contribution in [0.3, 0.4) is 0 Å². The molecule has 7 nitrogen and oxygen atoms in total. The number of fused-ring (bicyclic) bond motifs is 1. The summed E-state index contributed by atoms with van der Waals surface area (Å²) in [6.45, 7) is 4.50. The molecular formula is C22H20ClN5O2. The molecule has 4 aromatic rings. The maximum atomic E-state index is 12.5. The van der Waals surface area contributed by atoms with Crippen molar-refractivity contribution in [2.75, 3.05) is 16.8 Å². The van der Waals surface area contributed by atoms with Crippen molar-refractivity contribution in [1.82, 2.24) is 15.0 Å². The minimum absolute atomic E-state index is 0.251.